The second-order valence-corrected chi connectivity index (χ2v) is 11.5. The summed E-state index contributed by atoms with van der Waals surface area (Å²) in [6.07, 6.45) is 21.6. The van der Waals surface area contributed by atoms with E-state index in [4.69, 9.17) is 0 Å². The van der Waals surface area contributed by atoms with Crippen molar-refractivity contribution in [3.8, 4) is 0 Å². The molecule has 2 N–H and O–H groups in total. The summed E-state index contributed by atoms with van der Waals surface area (Å²) < 4.78 is 0. The van der Waals surface area contributed by atoms with E-state index in [1.165, 1.54) is 89.9 Å². The van der Waals surface area contributed by atoms with Crippen LogP contribution < -0.4 is 0 Å². The lowest BCUT2D eigenvalue weighted by Gasteiger charge is -2.34. The van der Waals surface area contributed by atoms with E-state index in [1.54, 1.807) is 6.92 Å². The molecule has 0 amide bonds. The molecule has 35 heavy (non-hydrogen) atoms. The first-order valence-electron chi connectivity index (χ1n) is 15.4. The van der Waals surface area contributed by atoms with Crippen LogP contribution in [0.15, 0.2) is 0 Å². The Labute approximate surface area is 219 Å². The predicted octanol–water partition coefficient (Wildman–Crippen LogP) is 8.08. The Bertz CT molecular complexity index is 440. The maximum absolute atomic E-state index is 12.5. The van der Waals surface area contributed by atoms with E-state index >= 15 is 0 Å². The molecule has 0 rings (SSSR count). The number of hydrogen-bond donors (Lipinski definition) is 2. The van der Waals surface area contributed by atoms with Gasteiger partial charge in [0.1, 0.15) is 5.78 Å². The van der Waals surface area contributed by atoms with Crippen LogP contribution in [0.5, 0.6) is 0 Å². The lowest BCUT2D eigenvalue weighted by molar-refractivity contribution is -0.124. The van der Waals surface area contributed by atoms with Crippen LogP contribution >= 0.6 is 0 Å². The molecule has 0 heterocycles. The zero-order valence-corrected chi connectivity index (χ0v) is 24.4. The number of Topliss-reactive ketones (excluding diaryl/α,β-unsaturated/α-hetero) is 1. The maximum atomic E-state index is 12.5. The van der Waals surface area contributed by atoms with E-state index in [9.17, 15) is 15.0 Å². The Morgan fingerprint density at radius 1 is 0.629 bits per heavy atom. The average molecular weight is 498 g/mol. The molecule has 0 aliphatic rings. The van der Waals surface area contributed by atoms with Crippen molar-refractivity contribution in [2.24, 2.45) is 5.92 Å². The third-order valence-corrected chi connectivity index (χ3v) is 7.28. The van der Waals surface area contributed by atoms with Crippen molar-refractivity contribution in [3.05, 3.63) is 0 Å². The molecular formula is C31H63NO3. The van der Waals surface area contributed by atoms with Gasteiger partial charge in [0.2, 0.25) is 0 Å². The molecule has 0 radical (unpaired) electrons. The number of aliphatic hydroxyl groups excluding tert-OH is 2. The number of aliphatic hydroxyl groups is 2. The van der Waals surface area contributed by atoms with Gasteiger partial charge in [0, 0.05) is 13.1 Å². The van der Waals surface area contributed by atoms with E-state index in [2.05, 4.69) is 32.6 Å². The summed E-state index contributed by atoms with van der Waals surface area (Å²) in [5.74, 6) is 0.554. The summed E-state index contributed by atoms with van der Waals surface area (Å²) in [7, 11) is 0. The monoisotopic (exact) mass is 497 g/mol. The van der Waals surface area contributed by atoms with E-state index in [0.717, 1.165) is 32.1 Å². The minimum absolute atomic E-state index is 0.150. The van der Waals surface area contributed by atoms with E-state index in [1.807, 2.05) is 0 Å². The Balaban J connectivity index is 4.51. The minimum Gasteiger partial charge on any atom is -0.392 e. The molecule has 0 bridgehead atoms. The van der Waals surface area contributed by atoms with Crippen molar-refractivity contribution < 1.29 is 15.0 Å². The van der Waals surface area contributed by atoms with Crippen LogP contribution in [-0.4, -0.2) is 52.2 Å². The van der Waals surface area contributed by atoms with Crippen LogP contribution in [0.3, 0.4) is 0 Å². The van der Waals surface area contributed by atoms with Crippen molar-refractivity contribution in [3.63, 3.8) is 0 Å². The van der Waals surface area contributed by atoms with Gasteiger partial charge < -0.3 is 10.2 Å². The maximum Gasteiger partial charge on any atom is 0.146 e. The molecule has 0 spiro atoms. The van der Waals surface area contributed by atoms with Crippen molar-refractivity contribution in [1.29, 1.82) is 0 Å². The molecule has 0 aromatic rings. The van der Waals surface area contributed by atoms with Crippen LogP contribution in [0.1, 0.15) is 157 Å². The van der Waals surface area contributed by atoms with E-state index in [-0.39, 0.29) is 11.8 Å². The highest BCUT2D eigenvalue weighted by atomic mass is 16.3. The van der Waals surface area contributed by atoms with Crippen molar-refractivity contribution in [2.45, 2.75) is 175 Å². The van der Waals surface area contributed by atoms with Crippen molar-refractivity contribution in [2.75, 3.05) is 13.1 Å². The van der Waals surface area contributed by atoms with Crippen LogP contribution in [0.2, 0.25) is 0 Å². The van der Waals surface area contributed by atoms with Gasteiger partial charge in [-0.15, -0.1) is 0 Å². The lowest BCUT2D eigenvalue weighted by atomic mass is 9.97. The number of hydrogen-bond acceptors (Lipinski definition) is 4. The smallest absolute Gasteiger partial charge is 0.146 e. The fourth-order valence-corrected chi connectivity index (χ4v) is 5.10. The van der Waals surface area contributed by atoms with Crippen LogP contribution in [0, 0.1) is 5.92 Å². The number of nitrogens with zero attached hydrogens (tertiary/aromatic N) is 1. The molecule has 3 unspecified atom stereocenters. The number of ketones is 1. The van der Waals surface area contributed by atoms with Gasteiger partial charge in [-0.05, 0) is 32.1 Å². The fourth-order valence-electron chi connectivity index (χ4n) is 5.10. The second-order valence-electron chi connectivity index (χ2n) is 11.5. The number of carbonyl (C=O) groups is 1. The summed E-state index contributed by atoms with van der Waals surface area (Å²) in [6, 6.07) is -0.212. The standard InChI is InChI=1S/C31H63NO3/c1-6-8-10-12-14-16-18-20-22-29(34)25-32(31(28(5)33)24-27(3)4)26-30(35)23-21-19-17-15-13-11-9-7-2/h27,29-31,34-35H,6-26H2,1-5H3. The normalized spacial score (nSPS) is 14.5. The van der Waals surface area contributed by atoms with Gasteiger partial charge in [0.05, 0.1) is 18.2 Å². The molecule has 0 aliphatic heterocycles. The Morgan fingerprint density at radius 3 is 1.29 bits per heavy atom. The van der Waals surface area contributed by atoms with Gasteiger partial charge in [-0.2, -0.15) is 0 Å². The Morgan fingerprint density at radius 2 is 0.971 bits per heavy atom. The topological polar surface area (TPSA) is 60.8 Å². The van der Waals surface area contributed by atoms with Crippen molar-refractivity contribution in [1.82, 2.24) is 4.90 Å². The molecule has 0 aromatic carbocycles. The first-order valence-corrected chi connectivity index (χ1v) is 15.4. The average Bonchev–Trinajstić information content (AvgIpc) is 2.80. The molecule has 0 fully saturated rings. The molecule has 0 saturated heterocycles. The quantitative estimate of drug-likeness (QED) is 0.119. The summed E-state index contributed by atoms with van der Waals surface area (Å²) in [6.45, 7) is 11.4. The molecule has 210 valence electrons. The minimum atomic E-state index is -0.431. The van der Waals surface area contributed by atoms with Gasteiger partial charge in [0.25, 0.3) is 0 Å². The zero-order valence-electron chi connectivity index (χ0n) is 24.4. The summed E-state index contributed by atoms with van der Waals surface area (Å²) in [4.78, 5) is 14.6. The third kappa shape index (κ3) is 21.4. The number of unbranched alkanes of at least 4 members (excludes halogenated alkanes) is 14. The van der Waals surface area contributed by atoms with Gasteiger partial charge in [-0.25, -0.2) is 0 Å². The zero-order chi connectivity index (χ0) is 26.3. The summed E-state index contributed by atoms with van der Waals surface area (Å²) >= 11 is 0. The molecule has 0 aromatic heterocycles. The first kappa shape index (κ1) is 34.6. The van der Waals surface area contributed by atoms with E-state index in [0.29, 0.717) is 19.0 Å². The largest absolute Gasteiger partial charge is 0.392 e. The van der Waals surface area contributed by atoms with E-state index < -0.39 is 12.2 Å². The van der Waals surface area contributed by atoms with Crippen LogP contribution in [0.25, 0.3) is 0 Å². The summed E-state index contributed by atoms with van der Waals surface area (Å²) in [5.41, 5.74) is 0. The van der Waals surface area contributed by atoms with Crippen molar-refractivity contribution >= 4 is 5.78 Å². The predicted molar refractivity (Wildman–Crippen MR) is 152 cm³/mol. The summed E-state index contributed by atoms with van der Waals surface area (Å²) in [5, 5.41) is 21.5. The molecule has 0 saturated carbocycles. The Kier molecular flexibility index (Phi) is 23.6. The SMILES string of the molecule is CCCCCCCCCCC(O)CN(CC(O)CCCCCCCCCC)C(CC(C)C)C(C)=O. The highest BCUT2D eigenvalue weighted by Crippen LogP contribution is 2.18. The second kappa shape index (κ2) is 23.9. The van der Waals surface area contributed by atoms with Gasteiger partial charge in [-0.3, -0.25) is 9.69 Å². The lowest BCUT2D eigenvalue weighted by Crippen LogP contribution is -2.48. The third-order valence-electron chi connectivity index (χ3n) is 7.28. The van der Waals surface area contributed by atoms with Crippen LogP contribution in [0.4, 0.5) is 0 Å². The van der Waals surface area contributed by atoms with Crippen LogP contribution in [-0.2, 0) is 4.79 Å². The Hall–Kier alpha value is -0.450. The fraction of sp³-hybridized carbons (Fsp3) is 0.968. The molecular weight excluding hydrogens is 434 g/mol. The van der Waals surface area contributed by atoms with Gasteiger partial charge in [-0.1, -0.05) is 130 Å². The highest BCUT2D eigenvalue weighted by Gasteiger charge is 2.27. The molecule has 0 aliphatic carbocycles. The number of carbonyl (C=O) groups excluding carboxylic acids is 1. The highest BCUT2D eigenvalue weighted by molar-refractivity contribution is 5.81. The molecule has 3 atom stereocenters. The first-order chi connectivity index (χ1) is 16.8. The molecule has 4 heteroatoms. The van der Waals surface area contributed by atoms with Gasteiger partial charge in [0.15, 0.2) is 0 Å². The molecule has 4 nitrogen and oxygen atoms in total. The van der Waals surface area contributed by atoms with Gasteiger partial charge >= 0.3 is 0 Å². The number of rotatable bonds is 26.